The van der Waals surface area contributed by atoms with Crippen LogP contribution in [0.15, 0.2) is 11.1 Å². The third-order valence-electron chi connectivity index (χ3n) is 1.98. The van der Waals surface area contributed by atoms with Crippen molar-refractivity contribution in [3.8, 4) is 0 Å². The molecule has 2 nitrogen and oxygen atoms in total. The Morgan fingerprint density at radius 1 is 1.30 bits per heavy atom. The first-order chi connectivity index (χ1) is 4.70. The lowest BCUT2D eigenvalue weighted by Gasteiger charge is -1.97. The third-order valence-corrected chi connectivity index (χ3v) is 1.98. The van der Waals surface area contributed by atoms with Crippen molar-refractivity contribution < 1.29 is 4.79 Å². The van der Waals surface area contributed by atoms with Crippen LogP contribution in [0.2, 0.25) is 0 Å². The molecule has 1 aliphatic rings. The van der Waals surface area contributed by atoms with Gasteiger partial charge in [-0.3, -0.25) is 4.79 Å². The van der Waals surface area contributed by atoms with E-state index in [0.717, 1.165) is 13.0 Å². The van der Waals surface area contributed by atoms with Gasteiger partial charge in [0.25, 0.3) is 0 Å². The van der Waals surface area contributed by atoms with Gasteiger partial charge in [0.15, 0.2) is 0 Å². The van der Waals surface area contributed by atoms with Crippen LogP contribution < -0.4 is 5.32 Å². The average Bonchev–Trinajstić information content (AvgIpc) is 1.96. The summed E-state index contributed by atoms with van der Waals surface area (Å²) in [4.78, 5) is 10.9. The molecule has 0 unspecified atom stereocenters. The molecule has 0 bridgehead atoms. The van der Waals surface area contributed by atoms with Gasteiger partial charge >= 0.3 is 0 Å². The molecule has 10 heavy (non-hydrogen) atoms. The minimum Gasteiger partial charge on any atom is -0.356 e. The standard InChI is InChI=1S/C8H13NO/c1-6-3-4-9-8(10)5-7(6)2/h3-5H2,1-2H3,(H,9,10). The summed E-state index contributed by atoms with van der Waals surface area (Å²) in [6.45, 7) is 4.93. The Balaban J connectivity index is 2.70. The van der Waals surface area contributed by atoms with E-state index in [1.165, 1.54) is 11.1 Å². The SMILES string of the molecule is CC1=C(C)CC(=O)NCC1. The number of hydrogen-bond donors (Lipinski definition) is 1. The Bertz CT molecular complexity index is 182. The van der Waals surface area contributed by atoms with E-state index in [1.54, 1.807) is 0 Å². The second-order valence-electron chi connectivity index (χ2n) is 2.84. The van der Waals surface area contributed by atoms with Crippen molar-refractivity contribution in [1.82, 2.24) is 5.32 Å². The van der Waals surface area contributed by atoms with Crippen LogP contribution in [0.4, 0.5) is 0 Å². The highest BCUT2D eigenvalue weighted by Gasteiger charge is 2.08. The van der Waals surface area contributed by atoms with Crippen molar-refractivity contribution >= 4 is 5.91 Å². The molecule has 1 rings (SSSR count). The second kappa shape index (κ2) is 2.86. The van der Waals surface area contributed by atoms with E-state index in [9.17, 15) is 4.79 Å². The summed E-state index contributed by atoms with van der Waals surface area (Å²) in [5.41, 5.74) is 2.59. The molecule has 56 valence electrons. The molecule has 1 amide bonds. The van der Waals surface area contributed by atoms with Crippen LogP contribution in [0.3, 0.4) is 0 Å². The topological polar surface area (TPSA) is 29.1 Å². The predicted molar refractivity (Wildman–Crippen MR) is 40.6 cm³/mol. The van der Waals surface area contributed by atoms with Crippen LogP contribution in [0.5, 0.6) is 0 Å². The van der Waals surface area contributed by atoms with Gasteiger partial charge in [0.2, 0.25) is 5.91 Å². The molecular weight excluding hydrogens is 126 g/mol. The first-order valence-electron chi connectivity index (χ1n) is 3.62. The maximum absolute atomic E-state index is 10.9. The highest BCUT2D eigenvalue weighted by molar-refractivity contribution is 5.79. The highest BCUT2D eigenvalue weighted by Crippen LogP contribution is 2.13. The summed E-state index contributed by atoms with van der Waals surface area (Å²) in [5, 5.41) is 2.82. The maximum Gasteiger partial charge on any atom is 0.224 e. The molecule has 1 N–H and O–H groups in total. The molecule has 0 aromatic heterocycles. The lowest BCUT2D eigenvalue weighted by atomic mass is 10.1. The molecule has 0 spiro atoms. The van der Waals surface area contributed by atoms with Gasteiger partial charge in [0, 0.05) is 13.0 Å². The van der Waals surface area contributed by atoms with Gasteiger partial charge in [-0.25, -0.2) is 0 Å². The zero-order valence-corrected chi connectivity index (χ0v) is 6.53. The number of nitrogens with one attached hydrogen (secondary N) is 1. The summed E-state index contributed by atoms with van der Waals surface area (Å²) < 4.78 is 0. The molecule has 0 saturated heterocycles. The number of rotatable bonds is 0. The smallest absolute Gasteiger partial charge is 0.224 e. The van der Waals surface area contributed by atoms with Crippen LogP contribution in [0, 0.1) is 0 Å². The third kappa shape index (κ3) is 1.59. The largest absolute Gasteiger partial charge is 0.356 e. The Kier molecular flexibility index (Phi) is 2.10. The summed E-state index contributed by atoms with van der Waals surface area (Å²) in [7, 11) is 0. The van der Waals surface area contributed by atoms with E-state index in [4.69, 9.17) is 0 Å². The minimum absolute atomic E-state index is 0.161. The fourth-order valence-corrected chi connectivity index (χ4v) is 1.06. The summed E-state index contributed by atoms with van der Waals surface area (Å²) in [6, 6.07) is 0. The molecule has 0 fully saturated rings. The Labute approximate surface area is 61.3 Å². The second-order valence-corrected chi connectivity index (χ2v) is 2.84. The molecule has 0 radical (unpaired) electrons. The molecule has 1 aliphatic heterocycles. The summed E-state index contributed by atoms with van der Waals surface area (Å²) in [5.74, 6) is 0.161. The number of carbonyl (C=O) groups excluding carboxylic acids is 1. The Hall–Kier alpha value is -0.790. The number of carbonyl (C=O) groups is 1. The van der Waals surface area contributed by atoms with Gasteiger partial charge in [0.1, 0.15) is 0 Å². The predicted octanol–water partition coefficient (Wildman–Crippen LogP) is 1.23. The minimum atomic E-state index is 0.161. The molecule has 0 atom stereocenters. The first-order valence-corrected chi connectivity index (χ1v) is 3.62. The molecule has 0 aromatic rings. The molecule has 0 aromatic carbocycles. The average molecular weight is 139 g/mol. The van der Waals surface area contributed by atoms with Crippen molar-refractivity contribution in [2.75, 3.05) is 6.54 Å². The van der Waals surface area contributed by atoms with Crippen LogP contribution in [-0.2, 0) is 4.79 Å². The number of amides is 1. The Morgan fingerprint density at radius 2 is 2.00 bits per heavy atom. The molecule has 0 aliphatic carbocycles. The van der Waals surface area contributed by atoms with Crippen LogP contribution in [0.25, 0.3) is 0 Å². The van der Waals surface area contributed by atoms with E-state index < -0.39 is 0 Å². The van der Waals surface area contributed by atoms with Gasteiger partial charge in [-0.1, -0.05) is 11.1 Å². The lowest BCUT2D eigenvalue weighted by molar-refractivity contribution is -0.120. The Morgan fingerprint density at radius 3 is 2.70 bits per heavy atom. The van der Waals surface area contributed by atoms with E-state index in [-0.39, 0.29) is 5.91 Å². The van der Waals surface area contributed by atoms with E-state index in [2.05, 4.69) is 12.2 Å². The van der Waals surface area contributed by atoms with Crippen molar-refractivity contribution in [3.63, 3.8) is 0 Å². The van der Waals surface area contributed by atoms with Crippen molar-refractivity contribution in [3.05, 3.63) is 11.1 Å². The van der Waals surface area contributed by atoms with Crippen molar-refractivity contribution in [2.24, 2.45) is 0 Å². The monoisotopic (exact) mass is 139 g/mol. The van der Waals surface area contributed by atoms with Crippen molar-refractivity contribution in [1.29, 1.82) is 0 Å². The van der Waals surface area contributed by atoms with E-state index in [1.807, 2.05) is 6.92 Å². The molecule has 1 heterocycles. The fourth-order valence-electron chi connectivity index (χ4n) is 1.06. The van der Waals surface area contributed by atoms with Crippen molar-refractivity contribution in [2.45, 2.75) is 26.7 Å². The quantitative estimate of drug-likeness (QED) is 0.502. The molecular formula is C8H13NO. The lowest BCUT2D eigenvalue weighted by Crippen LogP contribution is -2.21. The molecule has 2 heteroatoms. The zero-order valence-electron chi connectivity index (χ0n) is 6.53. The summed E-state index contributed by atoms with van der Waals surface area (Å²) >= 11 is 0. The van der Waals surface area contributed by atoms with Gasteiger partial charge in [-0.05, 0) is 20.3 Å². The van der Waals surface area contributed by atoms with Gasteiger partial charge in [-0.2, -0.15) is 0 Å². The normalized spacial score (nSPS) is 20.4. The zero-order chi connectivity index (χ0) is 7.56. The van der Waals surface area contributed by atoms with Gasteiger partial charge in [0.05, 0.1) is 0 Å². The maximum atomic E-state index is 10.9. The molecule has 0 saturated carbocycles. The van der Waals surface area contributed by atoms with Crippen LogP contribution in [0.1, 0.15) is 26.7 Å². The highest BCUT2D eigenvalue weighted by atomic mass is 16.1. The van der Waals surface area contributed by atoms with Crippen LogP contribution >= 0.6 is 0 Å². The van der Waals surface area contributed by atoms with Gasteiger partial charge < -0.3 is 5.32 Å². The number of hydrogen-bond acceptors (Lipinski definition) is 1. The van der Waals surface area contributed by atoms with Gasteiger partial charge in [-0.15, -0.1) is 0 Å². The van der Waals surface area contributed by atoms with Crippen LogP contribution in [-0.4, -0.2) is 12.5 Å². The van der Waals surface area contributed by atoms with E-state index >= 15 is 0 Å². The first kappa shape index (κ1) is 7.32. The van der Waals surface area contributed by atoms with E-state index in [0.29, 0.717) is 6.42 Å². The fraction of sp³-hybridized carbons (Fsp3) is 0.625. The summed E-state index contributed by atoms with van der Waals surface area (Å²) in [6.07, 6.45) is 1.60.